The fourth-order valence-electron chi connectivity index (χ4n) is 5.08. The lowest BCUT2D eigenvalue weighted by Gasteiger charge is -2.16. The summed E-state index contributed by atoms with van der Waals surface area (Å²) in [6, 6.07) is 34.6. The van der Waals surface area contributed by atoms with Gasteiger partial charge in [-0.25, -0.2) is 4.98 Å². The molecule has 2 nitrogen and oxygen atoms in total. The van der Waals surface area contributed by atoms with E-state index >= 15 is 0 Å². The van der Waals surface area contributed by atoms with Crippen LogP contribution in [0.5, 0.6) is 0 Å². The Morgan fingerprint density at radius 1 is 0.500 bits per heavy atom. The molecule has 0 atom stereocenters. The number of hydrogen-bond donors (Lipinski definition) is 0. The molecule has 0 radical (unpaired) electrons. The molecule has 0 aliphatic rings. The van der Waals surface area contributed by atoms with Crippen LogP contribution in [0.2, 0.25) is 0 Å². The molecule has 148 valence electrons. The van der Waals surface area contributed by atoms with E-state index in [0.29, 0.717) is 0 Å². The summed E-state index contributed by atoms with van der Waals surface area (Å²) in [7, 11) is 0. The summed E-state index contributed by atoms with van der Waals surface area (Å²) < 4.78 is 0. The largest absolute Gasteiger partial charge is 0.265 e. The highest BCUT2D eigenvalue weighted by atomic mass is 14.7. The maximum Gasteiger partial charge on any atom is 0.0794 e. The predicted molar refractivity (Wildman–Crippen MR) is 135 cm³/mol. The van der Waals surface area contributed by atoms with Gasteiger partial charge in [0, 0.05) is 28.6 Å². The first-order valence-corrected chi connectivity index (χ1v) is 10.8. The van der Waals surface area contributed by atoms with Crippen molar-refractivity contribution in [3.8, 4) is 11.1 Å². The SMILES string of the molecule is c1ccc2nc3c4ccccc4c4cc(-c5ccncc5)c5ccccc5c4c3cc2c1. The summed E-state index contributed by atoms with van der Waals surface area (Å²) in [6.07, 6.45) is 3.73. The third-order valence-corrected chi connectivity index (χ3v) is 6.50. The Morgan fingerprint density at radius 3 is 2.03 bits per heavy atom. The Morgan fingerprint density at radius 2 is 1.19 bits per heavy atom. The first-order valence-electron chi connectivity index (χ1n) is 10.8. The van der Waals surface area contributed by atoms with Crippen molar-refractivity contribution in [1.29, 1.82) is 0 Å². The van der Waals surface area contributed by atoms with Crippen LogP contribution >= 0.6 is 0 Å². The number of benzene rings is 5. The highest BCUT2D eigenvalue weighted by molar-refractivity contribution is 6.33. The van der Waals surface area contributed by atoms with Crippen LogP contribution in [-0.4, -0.2) is 9.97 Å². The zero-order chi connectivity index (χ0) is 21.1. The van der Waals surface area contributed by atoms with Gasteiger partial charge >= 0.3 is 0 Å². The van der Waals surface area contributed by atoms with Gasteiger partial charge in [0.25, 0.3) is 0 Å². The number of fused-ring (bicyclic) bond motifs is 9. The van der Waals surface area contributed by atoms with Crippen molar-refractivity contribution in [2.75, 3.05) is 0 Å². The Balaban J connectivity index is 1.80. The van der Waals surface area contributed by atoms with Crippen LogP contribution in [0.1, 0.15) is 0 Å². The first kappa shape index (κ1) is 17.4. The lowest BCUT2D eigenvalue weighted by Crippen LogP contribution is -1.91. The standard InChI is InChI=1S/C30H18N2/c1-6-12-28-20(7-1)17-27-29-23-10-4-2-8-21(23)25(19-13-15-31-16-14-19)18-26(29)22-9-3-5-11-24(22)30(27)32-28/h1-18H. The van der Waals surface area contributed by atoms with Crippen LogP contribution in [0.4, 0.5) is 0 Å². The molecule has 0 aliphatic carbocycles. The molecule has 7 aromatic rings. The second-order valence-corrected chi connectivity index (χ2v) is 8.25. The summed E-state index contributed by atoms with van der Waals surface area (Å²) in [5, 5.41) is 9.82. The molecule has 0 fully saturated rings. The minimum Gasteiger partial charge on any atom is -0.265 e. The third kappa shape index (κ3) is 2.41. The van der Waals surface area contributed by atoms with Crippen molar-refractivity contribution >= 4 is 54.1 Å². The lowest BCUT2D eigenvalue weighted by atomic mass is 9.88. The topological polar surface area (TPSA) is 25.8 Å². The molecule has 0 amide bonds. The van der Waals surface area contributed by atoms with Crippen molar-refractivity contribution in [1.82, 2.24) is 9.97 Å². The molecule has 0 saturated carbocycles. The predicted octanol–water partition coefficient (Wildman–Crippen LogP) is 7.91. The van der Waals surface area contributed by atoms with E-state index in [9.17, 15) is 0 Å². The summed E-state index contributed by atoms with van der Waals surface area (Å²) in [4.78, 5) is 9.36. The lowest BCUT2D eigenvalue weighted by molar-refractivity contribution is 1.33. The Labute approximate surface area is 184 Å². The summed E-state index contributed by atoms with van der Waals surface area (Å²) in [5.41, 5.74) is 4.50. The average molecular weight is 406 g/mol. The molecule has 2 heteroatoms. The Kier molecular flexibility index (Phi) is 3.58. The smallest absolute Gasteiger partial charge is 0.0794 e. The molecule has 0 unspecified atom stereocenters. The molecule has 5 aromatic carbocycles. The highest BCUT2D eigenvalue weighted by Crippen LogP contribution is 2.42. The van der Waals surface area contributed by atoms with Crippen molar-refractivity contribution in [2.24, 2.45) is 0 Å². The van der Waals surface area contributed by atoms with Crippen LogP contribution in [0, 0.1) is 0 Å². The van der Waals surface area contributed by atoms with Gasteiger partial charge in [0.2, 0.25) is 0 Å². The molecule has 0 spiro atoms. The van der Waals surface area contributed by atoms with Crippen LogP contribution in [-0.2, 0) is 0 Å². The zero-order valence-corrected chi connectivity index (χ0v) is 17.3. The maximum atomic E-state index is 5.14. The van der Waals surface area contributed by atoms with Crippen LogP contribution in [0.25, 0.3) is 65.3 Å². The van der Waals surface area contributed by atoms with E-state index in [-0.39, 0.29) is 0 Å². The molecule has 0 N–H and O–H groups in total. The Bertz CT molecular complexity index is 1820. The molecular formula is C30H18N2. The molecular weight excluding hydrogens is 388 g/mol. The first-order chi connectivity index (χ1) is 15.9. The number of hydrogen-bond acceptors (Lipinski definition) is 2. The minimum absolute atomic E-state index is 1.03. The van der Waals surface area contributed by atoms with Gasteiger partial charge in [0.15, 0.2) is 0 Å². The fourth-order valence-corrected chi connectivity index (χ4v) is 5.08. The molecule has 32 heavy (non-hydrogen) atoms. The van der Waals surface area contributed by atoms with Crippen molar-refractivity contribution in [3.05, 3.63) is 109 Å². The van der Waals surface area contributed by atoms with Crippen molar-refractivity contribution < 1.29 is 0 Å². The van der Waals surface area contributed by atoms with Crippen molar-refractivity contribution in [3.63, 3.8) is 0 Å². The molecule has 2 aromatic heterocycles. The third-order valence-electron chi connectivity index (χ3n) is 6.50. The Hall–Kier alpha value is -4.30. The number of aromatic nitrogens is 2. The van der Waals surface area contributed by atoms with E-state index in [1.165, 1.54) is 54.2 Å². The highest BCUT2D eigenvalue weighted by Gasteiger charge is 2.16. The van der Waals surface area contributed by atoms with Gasteiger partial charge in [-0.05, 0) is 68.4 Å². The second-order valence-electron chi connectivity index (χ2n) is 8.25. The monoisotopic (exact) mass is 406 g/mol. The fraction of sp³-hybridized carbons (Fsp3) is 0. The molecule has 0 saturated heterocycles. The zero-order valence-electron chi connectivity index (χ0n) is 17.3. The second kappa shape index (κ2) is 6.60. The van der Waals surface area contributed by atoms with Crippen LogP contribution in [0.15, 0.2) is 109 Å². The minimum atomic E-state index is 1.03. The van der Waals surface area contributed by atoms with E-state index in [0.717, 1.165) is 11.0 Å². The summed E-state index contributed by atoms with van der Waals surface area (Å²) in [6.45, 7) is 0. The van der Waals surface area contributed by atoms with E-state index in [2.05, 4.69) is 102 Å². The van der Waals surface area contributed by atoms with Gasteiger partial charge < -0.3 is 0 Å². The van der Waals surface area contributed by atoms with E-state index in [1.807, 2.05) is 12.4 Å². The summed E-state index contributed by atoms with van der Waals surface area (Å²) >= 11 is 0. The summed E-state index contributed by atoms with van der Waals surface area (Å²) in [5.74, 6) is 0. The van der Waals surface area contributed by atoms with Gasteiger partial charge in [-0.15, -0.1) is 0 Å². The number of para-hydroxylation sites is 1. The van der Waals surface area contributed by atoms with E-state index < -0.39 is 0 Å². The van der Waals surface area contributed by atoms with E-state index in [4.69, 9.17) is 4.98 Å². The quantitative estimate of drug-likeness (QED) is 0.204. The normalized spacial score (nSPS) is 11.8. The molecule has 0 bridgehead atoms. The molecule has 7 rings (SSSR count). The van der Waals surface area contributed by atoms with Gasteiger partial charge in [0.1, 0.15) is 0 Å². The molecule has 2 heterocycles. The van der Waals surface area contributed by atoms with Gasteiger partial charge in [-0.3, -0.25) is 4.98 Å². The van der Waals surface area contributed by atoms with Crippen LogP contribution < -0.4 is 0 Å². The van der Waals surface area contributed by atoms with Crippen molar-refractivity contribution in [2.45, 2.75) is 0 Å². The van der Waals surface area contributed by atoms with Gasteiger partial charge in [0.05, 0.1) is 11.0 Å². The van der Waals surface area contributed by atoms with Gasteiger partial charge in [-0.1, -0.05) is 66.7 Å². The van der Waals surface area contributed by atoms with Gasteiger partial charge in [-0.2, -0.15) is 0 Å². The van der Waals surface area contributed by atoms with Crippen LogP contribution in [0.3, 0.4) is 0 Å². The number of pyridine rings is 2. The molecule has 0 aliphatic heterocycles. The van der Waals surface area contributed by atoms with E-state index in [1.54, 1.807) is 0 Å². The average Bonchev–Trinajstić information content (AvgIpc) is 2.87. The maximum absolute atomic E-state index is 5.14. The number of nitrogens with zero attached hydrogens (tertiary/aromatic N) is 2. The number of rotatable bonds is 1.